The molecule has 0 unspecified atom stereocenters. The van der Waals surface area contributed by atoms with Gasteiger partial charge in [-0.3, -0.25) is 4.79 Å². The Balaban J connectivity index is 1.35. The predicted molar refractivity (Wildman–Crippen MR) is 157 cm³/mol. The molecular formula is C31H41N5O4. The molecule has 9 nitrogen and oxygen atoms in total. The average molecular weight is 548 g/mol. The van der Waals surface area contributed by atoms with Crippen LogP contribution < -0.4 is 16.0 Å². The van der Waals surface area contributed by atoms with E-state index in [9.17, 15) is 9.59 Å². The molecule has 1 saturated carbocycles. The van der Waals surface area contributed by atoms with Crippen molar-refractivity contribution in [2.75, 3.05) is 31.6 Å². The number of aliphatic hydroxyl groups is 1. The molecule has 1 aromatic carbocycles. The number of alkyl carbamates (subject to hydrolysis) is 1. The van der Waals surface area contributed by atoms with E-state index in [1.54, 1.807) is 6.20 Å². The van der Waals surface area contributed by atoms with Crippen molar-refractivity contribution in [2.45, 2.75) is 58.5 Å². The highest BCUT2D eigenvalue weighted by molar-refractivity contribution is 6.07. The van der Waals surface area contributed by atoms with Crippen molar-refractivity contribution in [1.29, 1.82) is 0 Å². The van der Waals surface area contributed by atoms with E-state index in [0.29, 0.717) is 49.1 Å². The first kappa shape index (κ1) is 29.3. The summed E-state index contributed by atoms with van der Waals surface area (Å²) in [5, 5.41) is 19.0. The lowest BCUT2D eigenvalue weighted by atomic mass is 9.82. The van der Waals surface area contributed by atoms with Gasteiger partial charge in [0.2, 0.25) is 0 Å². The molecule has 0 saturated heterocycles. The minimum Gasteiger partial charge on any atom is -0.444 e. The molecule has 1 aliphatic rings. The number of rotatable bonds is 10. The Kier molecular flexibility index (Phi) is 9.93. The molecule has 2 amide bonds. The van der Waals surface area contributed by atoms with Gasteiger partial charge in [-0.05, 0) is 89.0 Å². The number of nitrogens with zero attached hydrogens (tertiary/aromatic N) is 2. The smallest absolute Gasteiger partial charge is 0.407 e. The summed E-state index contributed by atoms with van der Waals surface area (Å²) in [5.74, 6) is 1.45. The van der Waals surface area contributed by atoms with Crippen LogP contribution in [-0.4, -0.2) is 58.9 Å². The van der Waals surface area contributed by atoms with Crippen LogP contribution in [-0.2, 0) is 4.74 Å². The first-order chi connectivity index (χ1) is 19.2. The number of hydrogen-bond donors (Lipinski definition) is 4. The highest BCUT2D eigenvalue weighted by Gasteiger charge is 2.24. The molecule has 40 heavy (non-hydrogen) atoms. The van der Waals surface area contributed by atoms with Gasteiger partial charge < -0.3 is 25.8 Å². The minimum absolute atomic E-state index is 0.108. The lowest BCUT2D eigenvalue weighted by Crippen LogP contribution is -2.37. The van der Waals surface area contributed by atoms with E-state index in [-0.39, 0.29) is 18.6 Å². The summed E-state index contributed by atoms with van der Waals surface area (Å²) in [4.78, 5) is 34.6. The molecule has 1 aliphatic carbocycles. The molecule has 9 heteroatoms. The first-order valence-electron chi connectivity index (χ1n) is 14.2. The highest BCUT2D eigenvalue weighted by atomic mass is 16.6. The largest absolute Gasteiger partial charge is 0.444 e. The van der Waals surface area contributed by atoms with E-state index in [0.717, 1.165) is 48.0 Å². The van der Waals surface area contributed by atoms with Crippen LogP contribution in [0.4, 0.5) is 10.6 Å². The summed E-state index contributed by atoms with van der Waals surface area (Å²) in [6.07, 6.45) is 6.07. The van der Waals surface area contributed by atoms with Crippen LogP contribution in [0.2, 0.25) is 0 Å². The summed E-state index contributed by atoms with van der Waals surface area (Å²) in [6.45, 7) is 7.59. The standard InChI is InChI=1S/C31H41N5O4/c1-31(2,3)40-30(39)35-19-22-11-9-21(10-12-22)18-34-29(38)25-17-27(36-26-8-5-4-7-24(25)26)23-13-14-28(33-20-23)32-15-6-16-37/h4-5,7-8,13-14,17,20-22,37H,6,9-12,15-16,18-19H2,1-3H3,(H,32,33)(H,34,38)(H,35,39). The number of benzene rings is 1. The van der Waals surface area contributed by atoms with Gasteiger partial charge in [0.1, 0.15) is 11.4 Å². The number of ether oxygens (including phenoxy) is 1. The zero-order valence-electron chi connectivity index (χ0n) is 23.7. The third-order valence-corrected chi connectivity index (χ3v) is 7.11. The van der Waals surface area contributed by atoms with Crippen molar-refractivity contribution in [3.8, 4) is 11.3 Å². The van der Waals surface area contributed by atoms with Gasteiger partial charge >= 0.3 is 6.09 Å². The van der Waals surface area contributed by atoms with Gasteiger partial charge in [-0.15, -0.1) is 0 Å². The highest BCUT2D eigenvalue weighted by Crippen LogP contribution is 2.29. The Morgan fingerprint density at radius 3 is 2.35 bits per heavy atom. The zero-order valence-corrected chi connectivity index (χ0v) is 23.7. The second-order valence-corrected chi connectivity index (χ2v) is 11.5. The van der Waals surface area contributed by atoms with E-state index >= 15 is 0 Å². The molecule has 0 aliphatic heterocycles. The van der Waals surface area contributed by atoms with Gasteiger partial charge in [0.15, 0.2) is 0 Å². The number of anilines is 1. The number of pyridine rings is 2. The minimum atomic E-state index is -0.499. The molecule has 2 aromatic heterocycles. The maximum absolute atomic E-state index is 13.4. The molecule has 4 rings (SSSR count). The molecule has 1 fully saturated rings. The summed E-state index contributed by atoms with van der Waals surface area (Å²) >= 11 is 0. The Morgan fingerprint density at radius 1 is 1.00 bits per heavy atom. The van der Waals surface area contributed by atoms with Gasteiger partial charge in [0.25, 0.3) is 5.91 Å². The van der Waals surface area contributed by atoms with Crippen LogP contribution in [0, 0.1) is 11.8 Å². The van der Waals surface area contributed by atoms with E-state index < -0.39 is 5.60 Å². The third kappa shape index (κ3) is 8.39. The molecular weight excluding hydrogens is 506 g/mol. The second kappa shape index (κ2) is 13.6. The number of amides is 2. The number of aliphatic hydroxyl groups excluding tert-OH is 1. The molecule has 0 bridgehead atoms. The fraction of sp³-hybridized carbons (Fsp3) is 0.484. The number of para-hydroxylation sites is 1. The Morgan fingerprint density at radius 2 is 1.70 bits per heavy atom. The van der Waals surface area contributed by atoms with Gasteiger partial charge in [-0.1, -0.05) is 18.2 Å². The quantitative estimate of drug-likeness (QED) is 0.259. The van der Waals surface area contributed by atoms with Crippen LogP contribution in [0.15, 0.2) is 48.7 Å². The van der Waals surface area contributed by atoms with Crippen LogP contribution in [0.25, 0.3) is 22.2 Å². The Bertz CT molecular complexity index is 1280. The summed E-state index contributed by atoms with van der Waals surface area (Å²) < 4.78 is 5.33. The second-order valence-electron chi connectivity index (χ2n) is 11.5. The average Bonchev–Trinajstić information content (AvgIpc) is 2.94. The lowest BCUT2D eigenvalue weighted by Gasteiger charge is -2.29. The van der Waals surface area contributed by atoms with Gasteiger partial charge in [-0.25, -0.2) is 14.8 Å². The number of carbonyl (C=O) groups is 2. The molecule has 0 atom stereocenters. The molecule has 3 aromatic rings. The zero-order chi connectivity index (χ0) is 28.5. The van der Waals surface area contributed by atoms with Crippen LogP contribution in [0.5, 0.6) is 0 Å². The van der Waals surface area contributed by atoms with Crippen molar-refractivity contribution in [2.24, 2.45) is 11.8 Å². The van der Waals surface area contributed by atoms with Crippen molar-refractivity contribution in [1.82, 2.24) is 20.6 Å². The molecule has 214 valence electrons. The number of nitrogens with one attached hydrogen (secondary N) is 3. The van der Waals surface area contributed by atoms with E-state index in [2.05, 4.69) is 20.9 Å². The summed E-state index contributed by atoms with van der Waals surface area (Å²) in [5.41, 5.74) is 2.37. The number of aromatic nitrogens is 2. The van der Waals surface area contributed by atoms with Crippen molar-refractivity contribution in [3.63, 3.8) is 0 Å². The summed E-state index contributed by atoms with van der Waals surface area (Å²) in [6, 6.07) is 13.3. The van der Waals surface area contributed by atoms with Gasteiger partial charge in [0.05, 0.1) is 16.8 Å². The number of carbonyl (C=O) groups excluding carboxylic acids is 2. The lowest BCUT2D eigenvalue weighted by molar-refractivity contribution is 0.0512. The molecule has 0 spiro atoms. The van der Waals surface area contributed by atoms with E-state index in [4.69, 9.17) is 14.8 Å². The fourth-order valence-corrected chi connectivity index (χ4v) is 4.97. The third-order valence-electron chi connectivity index (χ3n) is 7.11. The first-order valence-corrected chi connectivity index (χ1v) is 14.2. The van der Waals surface area contributed by atoms with Crippen molar-refractivity contribution in [3.05, 3.63) is 54.2 Å². The van der Waals surface area contributed by atoms with Gasteiger partial charge in [0, 0.05) is 43.4 Å². The molecule has 4 N–H and O–H groups in total. The van der Waals surface area contributed by atoms with Crippen LogP contribution >= 0.6 is 0 Å². The molecule has 2 heterocycles. The Hall–Kier alpha value is -3.72. The van der Waals surface area contributed by atoms with Crippen molar-refractivity contribution < 1.29 is 19.4 Å². The normalized spacial score (nSPS) is 17.3. The van der Waals surface area contributed by atoms with E-state index in [1.165, 1.54) is 0 Å². The number of hydrogen-bond acceptors (Lipinski definition) is 7. The fourth-order valence-electron chi connectivity index (χ4n) is 4.97. The maximum atomic E-state index is 13.4. The van der Waals surface area contributed by atoms with Crippen LogP contribution in [0.3, 0.4) is 0 Å². The monoisotopic (exact) mass is 547 g/mol. The Labute approximate surface area is 236 Å². The maximum Gasteiger partial charge on any atom is 0.407 e. The summed E-state index contributed by atoms with van der Waals surface area (Å²) in [7, 11) is 0. The van der Waals surface area contributed by atoms with Gasteiger partial charge in [-0.2, -0.15) is 0 Å². The van der Waals surface area contributed by atoms with Crippen molar-refractivity contribution >= 4 is 28.7 Å². The van der Waals surface area contributed by atoms with Crippen LogP contribution in [0.1, 0.15) is 63.2 Å². The SMILES string of the molecule is CC(C)(C)OC(=O)NCC1CCC(CNC(=O)c2cc(-c3ccc(NCCCO)nc3)nc3ccccc23)CC1. The molecule has 0 radical (unpaired) electrons. The topological polar surface area (TPSA) is 125 Å². The predicted octanol–water partition coefficient (Wildman–Crippen LogP) is 5.15. The number of fused-ring (bicyclic) bond motifs is 1. The van der Waals surface area contributed by atoms with E-state index in [1.807, 2.05) is 63.2 Å².